The predicted octanol–water partition coefficient (Wildman–Crippen LogP) is 9.00. The number of fused-ring (bicyclic) bond motifs is 3. The van der Waals surface area contributed by atoms with Crippen molar-refractivity contribution in [3.63, 3.8) is 0 Å². The minimum Gasteiger partial charge on any atom is -0.489 e. The highest BCUT2D eigenvalue weighted by Gasteiger charge is 2.65. The fourth-order valence-corrected chi connectivity index (χ4v) is 10.1. The van der Waals surface area contributed by atoms with E-state index >= 15 is 4.79 Å². The Morgan fingerprint density at radius 1 is 0.985 bits per heavy atom. The Bertz CT molecular complexity index is 2430. The van der Waals surface area contributed by atoms with Gasteiger partial charge in [0.1, 0.15) is 36.6 Å². The maximum atomic E-state index is 15.4. The molecule has 0 spiro atoms. The van der Waals surface area contributed by atoms with Gasteiger partial charge in [0, 0.05) is 48.8 Å². The van der Waals surface area contributed by atoms with E-state index in [0.29, 0.717) is 64.8 Å². The minimum atomic E-state index is -1.53. The number of halogens is 1. The van der Waals surface area contributed by atoms with Crippen LogP contribution in [-0.4, -0.2) is 71.8 Å². The summed E-state index contributed by atoms with van der Waals surface area (Å²) < 4.78 is 47.1. The van der Waals surface area contributed by atoms with Crippen LogP contribution in [0.3, 0.4) is 0 Å². The summed E-state index contributed by atoms with van der Waals surface area (Å²) in [5.41, 5.74) is 4.42. The summed E-state index contributed by atoms with van der Waals surface area (Å²) in [6.07, 6.45) is 8.49. The van der Waals surface area contributed by atoms with Gasteiger partial charge in [-0.25, -0.2) is 4.39 Å². The van der Waals surface area contributed by atoms with Crippen LogP contribution < -0.4 is 18.9 Å². The van der Waals surface area contributed by atoms with E-state index in [1.54, 1.807) is 53.4 Å². The quantitative estimate of drug-likeness (QED) is 0.0500. The van der Waals surface area contributed by atoms with E-state index in [-0.39, 0.29) is 75.7 Å². The molecule has 1 saturated carbocycles. The van der Waals surface area contributed by atoms with Gasteiger partial charge in [-0.3, -0.25) is 4.79 Å². The number of hydrogen-bond donors (Lipinski definition) is 2. The molecule has 12 nitrogen and oxygen atoms in total. The molecule has 4 aromatic rings. The number of aliphatic hydroxyl groups excluding tert-OH is 2. The molecule has 6 atom stereocenters. The van der Waals surface area contributed by atoms with Crippen LogP contribution in [0.2, 0.25) is 0 Å². The second kappa shape index (κ2) is 20.7. The summed E-state index contributed by atoms with van der Waals surface area (Å²) in [7, 11) is 0. The first-order chi connectivity index (χ1) is 31.8. The molecule has 2 N–H and O–H groups in total. The molecule has 0 aromatic heterocycles. The number of carbonyl (C=O) groups is 1. The number of oxime groups is 1. The standard InChI is InChI=1S/C52H56FN3O9/c1-3-25-63-52-48(56(51(59)36-18-15-34(30-54)16-19-36)31-35-17-21-46-47(26-35)62-33-61-46)29-44(55-64-4-2)41-27-37(11-7-9-23-57)40(13-8-10-24-58)49(50(41)52)42-28-39(20-22-45(42)65-52)60-32-38-12-5-6-14-43(38)53/h3,5-6,12,14-22,26-28,37,40,48-50,57-58H,1,4,7-11,13,23-25,29,31-33H2,2H3. The minimum absolute atomic E-state index is 0.0151. The van der Waals surface area contributed by atoms with Gasteiger partial charge in [-0.1, -0.05) is 54.4 Å². The number of unbranched alkanes of at least 4 members (excludes halogenated alkanes) is 2. The zero-order valence-electron chi connectivity index (χ0n) is 36.7. The Hall–Kier alpha value is -6.20. The van der Waals surface area contributed by atoms with E-state index < -0.39 is 17.7 Å². The molecule has 0 saturated heterocycles. The number of rotatable bonds is 20. The van der Waals surface area contributed by atoms with Crippen molar-refractivity contribution in [3.8, 4) is 29.1 Å². The van der Waals surface area contributed by atoms with Gasteiger partial charge in [0.05, 0.1) is 29.9 Å². The van der Waals surface area contributed by atoms with Crippen LogP contribution in [0.1, 0.15) is 90.4 Å². The molecule has 0 bridgehead atoms. The van der Waals surface area contributed by atoms with Crippen LogP contribution in [0.4, 0.5) is 4.39 Å². The summed E-state index contributed by atoms with van der Waals surface area (Å²) in [5.74, 6) is -0.785. The van der Waals surface area contributed by atoms with Crippen LogP contribution >= 0.6 is 0 Å². The van der Waals surface area contributed by atoms with Crippen LogP contribution in [0.5, 0.6) is 23.0 Å². The summed E-state index contributed by atoms with van der Waals surface area (Å²) in [6, 6.07) is 25.7. The number of benzene rings is 4. The molecule has 1 amide bonds. The van der Waals surface area contributed by atoms with Gasteiger partial charge in [-0.2, -0.15) is 5.26 Å². The number of amides is 1. The Morgan fingerprint density at radius 3 is 2.51 bits per heavy atom. The zero-order valence-corrected chi connectivity index (χ0v) is 36.7. The maximum Gasteiger partial charge on any atom is 0.254 e. The van der Waals surface area contributed by atoms with Gasteiger partial charge >= 0.3 is 0 Å². The van der Waals surface area contributed by atoms with Crippen molar-refractivity contribution >= 4 is 11.6 Å². The highest BCUT2D eigenvalue weighted by atomic mass is 19.1. The third-order valence-electron chi connectivity index (χ3n) is 13.0. The highest BCUT2D eigenvalue weighted by molar-refractivity contribution is 6.03. The Morgan fingerprint density at radius 2 is 1.75 bits per heavy atom. The SMILES string of the molecule is C=CCOC12Oc3ccc(OCc4ccccc4F)cc3C3C(CCCCO)C(CCCCO)C=C(C(=NOCC)CC1N(Cc1ccc4c(c1)OCO4)C(=O)c1ccc(C#N)cc1)C32. The predicted molar refractivity (Wildman–Crippen MR) is 241 cm³/mol. The van der Waals surface area contributed by atoms with E-state index in [1.807, 2.05) is 43.3 Å². The lowest BCUT2D eigenvalue weighted by atomic mass is 9.55. The van der Waals surface area contributed by atoms with E-state index in [4.69, 9.17) is 33.7 Å². The van der Waals surface area contributed by atoms with Gasteiger partial charge in [0.2, 0.25) is 12.6 Å². The molecule has 2 aliphatic heterocycles. The van der Waals surface area contributed by atoms with Crippen LogP contribution in [0, 0.1) is 34.9 Å². The van der Waals surface area contributed by atoms with Crippen LogP contribution in [0.15, 0.2) is 114 Å². The first kappa shape index (κ1) is 45.4. The molecule has 4 aliphatic rings. The van der Waals surface area contributed by atoms with Gasteiger partial charge < -0.3 is 43.6 Å². The molecule has 4 aromatic carbocycles. The number of ether oxygens (including phenoxy) is 5. The van der Waals surface area contributed by atoms with E-state index in [0.717, 1.165) is 42.4 Å². The van der Waals surface area contributed by atoms with E-state index in [2.05, 4.69) is 18.7 Å². The van der Waals surface area contributed by atoms with E-state index in [1.165, 1.54) is 6.07 Å². The fourth-order valence-electron chi connectivity index (χ4n) is 10.1. The number of aliphatic hydroxyl groups is 2. The van der Waals surface area contributed by atoms with Crippen molar-refractivity contribution < 1.29 is 47.9 Å². The fraction of sp³-hybridized carbons (Fsp3) is 0.404. The average Bonchev–Trinajstić information content (AvgIpc) is 3.81. The van der Waals surface area contributed by atoms with Gasteiger partial charge in [-0.05, 0) is 116 Å². The third-order valence-corrected chi connectivity index (χ3v) is 13.0. The molecular formula is C52H56FN3O9. The van der Waals surface area contributed by atoms with Crippen molar-refractivity contribution in [3.05, 3.63) is 143 Å². The van der Waals surface area contributed by atoms with Gasteiger partial charge in [-0.15, -0.1) is 6.58 Å². The smallest absolute Gasteiger partial charge is 0.254 e. The monoisotopic (exact) mass is 885 g/mol. The molecule has 65 heavy (non-hydrogen) atoms. The summed E-state index contributed by atoms with van der Waals surface area (Å²) in [4.78, 5) is 23.1. The van der Waals surface area contributed by atoms with E-state index in [9.17, 15) is 19.9 Å². The first-order valence-corrected chi connectivity index (χ1v) is 22.6. The number of nitriles is 1. The van der Waals surface area contributed by atoms with Crippen molar-refractivity contribution in [2.24, 2.45) is 22.9 Å². The Kier molecular flexibility index (Phi) is 14.5. The molecule has 8 rings (SSSR count). The average molecular weight is 886 g/mol. The first-order valence-electron chi connectivity index (χ1n) is 22.6. The summed E-state index contributed by atoms with van der Waals surface area (Å²) in [5, 5.41) is 34.4. The second-order valence-corrected chi connectivity index (χ2v) is 16.9. The van der Waals surface area contributed by atoms with Crippen molar-refractivity contribution in [1.82, 2.24) is 4.90 Å². The van der Waals surface area contributed by atoms with Crippen LogP contribution in [0.25, 0.3) is 0 Å². The van der Waals surface area contributed by atoms with Crippen molar-refractivity contribution in [2.75, 3.05) is 33.2 Å². The summed E-state index contributed by atoms with van der Waals surface area (Å²) >= 11 is 0. The number of nitrogens with zero attached hydrogens (tertiary/aromatic N) is 3. The molecule has 13 heteroatoms. The molecular weight excluding hydrogens is 830 g/mol. The zero-order chi connectivity index (χ0) is 45.3. The maximum absolute atomic E-state index is 15.4. The molecule has 0 radical (unpaired) electrons. The largest absolute Gasteiger partial charge is 0.489 e. The normalized spacial score (nSPS) is 23.0. The Labute approximate surface area is 379 Å². The number of carbonyl (C=O) groups excluding carboxylic acids is 1. The molecule has 340 valence electrons. The van der Waals surface area contributed by atoms with Crippen molar-refractivity contribution in [1.29, 1.82) is 5.26 Å². The second-order valence-electron chi connectivity index (χ2n) is 16.9. The molecule has 1 fully saturated rings. The number of allylic oxidation sites excluding steroid dienone is 1. The molecule has 2 heterocycles. The molecule has 2 aliphatic carbocycles. The van der Waals surface area contributed by atoms with Crippen molar-refractivity contribution in [2.45, 2.75) is 82.8 Å². The van der Waals surface area contributed by atoms with Gasteiger partial charge in [0.15, 0.2) is 11.5 Å². The topological polar surface area (TPSA) is 152 Å². The van der Waals surface area contributed by atoms with Gasteiger partial charge in [0.25, 0.3) is 5.91 Å². The highest BCUT2D eigenvalue weighted by Crippen LogP contribution is 2.62. The lowest BCUT2D eigenvalue weighted by Crippen LogP contribution is -2.70. The third kappa shape index (κ3) is 9.48. The molecule has 6 unspecified atom stereocenters. The number of hydrogen-bond acceptors (Lipinski definition) is 11. The lowest BCUT2D eigenvalue weighted by molar-refractivity contribution is -0.255. The van der Waals surface area contributed by atoms with Crippen LogP contribution in [-0.2, 0) is 22.7 Å². The Balaban J connectivity index is 1.33. The lowest BCUT2D eigenvalue weighted by Gasteiger charge is -2.60. The summed E-state index contributed by atoms with van der Waals surface area (Å²) in [6.45, 7) is 6.66.